The third kappa shape index (κ3) is 31.7. The second-order valence-electron chi connectivity index (χ2n) is 23.2. The van der Waals surface area contributed by atoms with Crippen LogP contribution in [0.5, 0.6) is 23.0 Å². The van der Waals surface area contributed by atoms with E-state index in [4.69, 9.17) is 42.6 Å². The molecule has 0 radical (unpaired) electrons. The SMILES string of the molecule is C=CCOC(=O)c1ccccc1C(=O)OCC=C.C=CCOCC(CC)(CO)COCC=C.C=CCOCC(CO)(COCC=C)COCC=C.C=CCOc1ccc(C(C)(C)c2ccc(OCC=C)cc2)cc1.C=CCc1cc(C(C)(C)c2ccc(O)c(CC=C)c2)ccc1O. The van der Waals surface area contributed by atoms with Crippen LogP contribution in [0.1, 0.15) is 95.1 Å². The van der Waals surface area contributed by atoms with Gasteiger partial charge in [-0.1, -0.05) is 188 Å². The summed E-state index contributed by atoms with van der Waals surface area (Å²) >= 11 is 0. The Balaban J connectivity index is 0.000000612. The number of hydrogen-bond acceptors (Lipinski definition) is 15. The standard InChI is InChI=1S/2C21H24O2.C14H14O4.C14H24O4.C12H22O3/c1-5-15-22-19-11-7-17(8-12-19)21(3,4)18-9-13-20(14-10-18)23-16-6-2;1-5-7-15-13-17(9-11-19(15)22)21(3,4)18-10-12-20(23)16(14-18)8-6-2;1-3-9-17-13(15)11-7-5-6-8-12(11)14(16)18-10-4-2;1-4-7-16-11-14(10-15,12-17-8-5-2)13-18-9-6-3;1-4-7-14-10-12(6-3,9-13)11-15-8-5-2/h5-14H,1-2,15-16H2,3-4H3;5-6,9-14,22-23H,1-2,7-8H2,3-4H3;3-8H,1-2,9-10H2;4-6,15H,1-3,7-13H2;4-5,13H,1-2,6-11H2,3H3. The van der Waals surface area contributed by atoms with Crippen LogP contribution in [-0.4, -0.2) is 138 Å². The lowest BCUT2D eigenvalue weighted by atomic mass is 9.77. The Labute approximate surface area is 579 Å². The minimum atomic E-state index is -0.582. The fourth-order valence-corrected chi connectivity index (χ4v) is 8.93. The number of phenols is 2. The van der Waals surface area contributed by atoms with Gasteiger partial charge in [-0.15, -0.1) is 46.1 Å². The highest BCUT2D eigenvalue weighted by molar-refractivity contribution is 6.03. The molecule has 0 unspecified atom stereocenters. The quantitative estimate of drug-likeness (QED) is 0.0163. The predicted octanol–water partition coefficient (Wildman–Crippen LogP) is 15.7. The first-order chi connectivity index (χ1) is 46.7. The Morgan fingerprint density at radius 1 is 0.381 bits per heavy atom. The van der Waals surface area contributed by atoms with Crippen molar-refractivity contribution in [1.82, 2.24) is 0 Å². The Morgan fingerprint density at radius 3 is 0.948 bits per heavy atom. The van der Waals surface area contributed by atoms with E-state index in [2.05, 4.69) is 124 Å². The number of benzene rings is 5. The summed E-state index contributed by atoms with van der Waals surface area (Å²) in [5.41, 5.74) is 5.60. The van der Waals surface area contributed by atoms with E-state index in [1.807, 2.05) is 55.5 Å². The molecular weight excluding hydrogens is 1220 g/mol. The maximum atomic E-state index is 11.7. The monoisotopic (exact) mass is 1330 g/mol. The first kappa shape index (κ1) is 86.1. The van der Waals surface area contributed by atoms with Crippen LogP contribution >= 0.6 is 0 Å². The van der Waals surface area contributed by atoms with Gasteiger partial charge in [0.15, 0.2) is 0 Å². The maximum absolute atomic E-state index is 11.7. The first-order valence-electron chi connectivity index (χ1n) is 32.0. The molecule has 0 aliphatic rings. The first-order valence-corrected chi connectivity index (χ1v) is 32.0. The Morgan fingerprint density at radius 2 is 0.670 bits per heavy atom. The summed E-state index contributed by atoms with van der Waals surface area (Å²) in [4.78, 5) is 23.4. The molecule has 0 aliphatic heterocycles. The Bertz CT molecular complexity index is 2950. The molecule has 15 nitrogen and oxygen atoms in total. The molecule has 0 aromatic heterocycles. The van der Waals surface area contributed by atoms with E-state index in [1.54, 1.807) is 78.9 Å². The molecule has 0 amide bonds. The van der Waals surface area contributed by atoms with Gasteiger partial charge in [-0.3, -0.25) is 0 Å². The van der Waals surface area contributed by atoms with Gasteiger partial charge in [0.25, 0.3) is 0 Å². The summed E-state index contributed by atoms with van der Waals surface area (Å²) < 4.78 is 47.8. The van der Waals surface area contributed by atoms with Crippen LogP contribution in [0.15, 0.2) is 248 Å². The number of carbonyl (C=O) groups is 2. The van der Waals surface area contributed by atoms with E-state index in [9.17, 15) is 30.0 Å². The van der Waals surface area contributed by atoms with Crippen LogP contribution < -0.4 is 9.47 Å². The number of esters is 2. The number of hydrogen-bond donors (Lipinski definition) is 4. The summed E-state index contributed by atoms with van der Waals surface area (Å²) in [6.45, 7) is 55.9. The molecule has 0 spiro atoms. The van der Waals surface area contributed by atoms with E-state index >= 15 is 0 Å². The number of carbonyl (C=O) groups excluding carboxylic acids is 2. The fourth-order valence-electron chi connectivity index (χ4n) is 8.93. The molecule has 5 aromatic rings. The summed E-state index contributed by atoms with van der Waals surface area (Å²) in [6.07, 6.45) is 20.4. The van der Waals surface area contributed by atoms with Crippen LogP contribution in [0.2, 0.25) is 0 Å². The lowest BCUT2D eigenvalue weighted by Crippen LogP contribution is -2.41. The zero-order valence-corrected chi connectivity index (χ0v) is 58.2. The molecule has 0 bridgehead atoms. The average molecular weight is 1330 g/mol. The number of aliphatic hydroxyl groups is 2. The van der Waals surface area contributed by atoms with Gasteiger partial charge in [-0.2, -0.15) is 0 Å². The molecule has 4 N–H and O–H groups in total. The van der Waals surface area contributed by atoms with Crippen LogP contribution in [-0.2, 0) is 56.8 Å². The van der Waals surface area contributed by atoms with E-state index < -0.39 is 17.4 Å². The lowest BCUT2D eigenvalue weighted by Gasteiger charge is -2.30. The van der Waals surface area contributed by atoms with Gasteiger partial charge in [0.2, 0.25) is 0 Å². The highest BCUT2D eigenvalue weighted by Crippen LogP contribution is 2.37. The maximum Gasteiger partial charge on any atom is 0.339 e. The molecule has 5 rings (SSSR count). The van der Waals surface area contributed by atoms with Crippen molar-refractivity contribution in [2.75, 3.05) is 106 Å². The average Bonchev–Trinajstić information content (AvgIpc) is 0.800. The van der Waals surface area contributed by atoms with Crippen LogP contribution in [0.3, 0.4) is 0 Å². The zero-order valence-electron chi connectivity index (χ0n) is 58.2. The number of rotatable bonds is 43. The zero-order chi connectivity index (χ0) is 72.4. The van der Waals surface area contributed by atoms with E-state index in [1.165, 1.54) is 35.4 Å². The third-order valence-electron chi connectivity index (χ3n) is 14.9. The molecule has 15 heteroatoms. The van der Waals surface area contributed by atoms with Crippen molar-refractivity contribution in [3.63, 3.8) is 0 Å². The largest absolute Gasteiger partial charge is 0.508 e. The van der Waals surface area contributed by atoms with Gasteiger partial charge in [-0.25, -0.2) is 9.59 Å². The molecule has 526 valence electrons. The van der Waals surface area contributed by atoms with Gasteiger partial charge >= 0.3 is 11.9 Å². The van der Waals surface area contributed by atoms with Crippen LogP contribution in [0.4, 0.5) is 0 Å². The van der Waals surface area contributed by atoms with Crippen LogP contribution in [0.25, 0.3) is 0 Å². The van der Waals surface area contributed by atoms with Crippen molar-refractivity contribution >= 4 is 11.9 Å². The number of aliphatic hydroxyl groups excluding tert-OH is 2. The third-order valence-corrected chi connectivity index (χ3v) is 14.9. The minimum absolute atomic E-state index is 0.0672. The molecule has 97 heavy (non-hydrogen) atoms. The molecule has 0 aliphatic carbocycles. The summed E-state index contributed by atoms with van der Waals surface area (Å²) in [5.74, 6) is 1.14. The molecular formula is C82H108O15. The van der Waals surface area contributed by atoms with E-state index in [0.29, 0.717) is 104 Å². The minimum Gasteiger partial charge on any atom is -0.508 e. The van der Waals surface area contributed by atoms with E-state index in [-0.39, 0.29) is 53.8 Å². The van der Waals surface area contributed by atoms with Crippen molar-refractivity contribution in [3.05, 3.63) is 293 Å². The number of allylic oxidation sites excluding steroid dienone is 2. The molecule has 0 heterocycles. The number of ether oxygens (including phenoxy) is 9. The second-order valence-corrected chi connectivity index (χ2v) is 23.2. The smallest absolute Gasteiger partial charge is 0.339 e. The molecule has 0 atom stereocenters. The Kier molecular flexibility index (Phi) is 44.0. The highest BCUT2D eigenvalue weighted by Gasteiger charge is 2.32. The molecule has 5 aromatic carbocycles. The topological polar surface area (TPSA) is 198 Å². The normalized spacial score (nSPS) is 10.8. The van der Waals surface area contributed by atoms with Gasteiger partial charge in [-0.05, 0) is 101 Å². The molecule has 0 saturated heterocycles. The van der Waals surface area contributed by atoms with Gasteiger partial charge < -0.3 is 63.1 Å². The Hall–Kier alpha value is -8.90. The van der Waals surface area contributed by atoms with Crippen molar-refractivity contribution < 1.29 is 72.6 Å². The number of aromatic hydroxyl groups is 2. The van der Waals surface area contributed by atoms with Crippen molar-refractivity contribution in [2.45, 2.75) is 64.7 Å². The fraction of sp³-hybridized carbons (Fsp3) is 0.341. The van der Waals surface area contributed by atoms with Crippen LogP contribution in [0, 0.1) is 10.8 Å². The second kappa shape index (κ2) is 49.6. The van der Waals surface area contributed by atoms with Crippen molar-refractivity contribution in [3.8, 4) is 23.0 Å². The highest BCUT2D eigenvalue weighted by atomic mass is 16.5. The van der Waals surface area contributed by atoms with Gasteiger partial charge in [0.1, 0.15) is 49.4 Å². The van der Waals surface area contributed by atoms with Crippen molar-refractivity contribution in [2.24, 2.45) is 10.8 Å². The summed E-state index contributed by atoms with van der Waals surface area (Å²) in [6, 6.07) is 34.2. The summed E-state index contributed by atoms with van der Waals surface area (Å²) in [7, 11) is 0. The lowest BCUT2D eigenvalue weighted by molar-refractivity contribution is -0.0821. The molecule has 0 saturated carbocycles. The molecule has 0 fully saturated rings. The van der Waals surface area contributed by atoms with Gasteiger partial charge in [0.05, 0.1) is 95.8 Å². The predicted molar refractivity (Wildman–Crippen MR) is 394 cm³/mol. The van der Waals surface area contributed by atoms with E-state index in [0.717, 1.165) is 40.2 Å². The van der Waals surface area contributed by atoms with Gasteiger partial charge in [0, 0.05) is 16.2 Å². The summed E-state index contributed by atoms with van der Waals surface area (Å²) in [5, 5.41) is 38.8. The number of phenolic OH excluding ortho intramolecular Hbond substituents is 2. The van der Waals surface area contributed by atoms with Crippen molar-refractivity contribution in [1.29, 1.82) is 0 Å².